The minimum absolute atomic E-state index is 0. The van der Waals surface area contributed by atoms with E-state index in [4.69, 9.17) is 0 Å². The molecule has 0 atom stereocenters. The Kier molecular flexibility index (Phi) is 1220. The van der Waals surface area contributed by atoms with Crippen molar-refractivity contribution in [1.82, 2.24) is 0 Å². The van der Waals surface area contributed by atoms with Crippen molar-refractivity contribution in [2.75, 3.05) is 0 Å². The van der Waals surface area contributed by atoms with Crippen molar-refractivity contribution in [1.29, 1.82) is 0 Å². The third-order valence-electron chi connectivity index (χ3n) is 0. The Morgan fingerprint density at radius 3 is 0.571 bits per heavy atom. The predicted octanol–water partition coefficient (Wildman–Crippen LogP) is -1.43. The van der Waals surface area contributed by atoms with Crippen LogP contribution in [0.5, 0.6) is 0 Å². The molecule has 0 aromatic rings. The van der Waals surface area contributed by atoms with E-state index in [2.05, 4.69) is 0 Å². The van der Waals surface area contributed by atoms with Gasteiger partial charge >= 0.3 is 80.8 Å². The van der Waals surface area contributed by atoms with E-state index in [0.29, 0.717) is 0 Å². The van der Waals surface area contributed by atoms with Crippen LogP contribution in [0.1, 0.15) is 5.71 Å². The molecule has 3 nitrogen and oxygen atoms in total. The van der Waals surface area contributed by atoms with E-state index in [-0.39, 0.29) is 103 Å². The molecule has 0 fully saturated rings. The zero-order valence-electron chi connectivity index (χ0n) is 7.79. The van der Waals surface area contributed by atoms with Crippen LogP contribution in [0.15, 0.2) is 0 Å². The van der Waals surface area contributed by atoms with Gasteiger partial charge in [-0.25, -0.2) is 0 Å². The quantitative estimate of drug-likeness (QED) is 0.383. The largest absolute Gasteiger partial charge is 3.00 e. The Balaban J connectivity index is 0. The van der Waals surface area contributed by atoms with Gasteiger partial charge in [0.1, 0.15) is 0 Å². The molecular weight excluding hydrogens is 151 g/mol. The van der Waals surface area contributed by atoms with Crippen molar-refractivity contribution in [2.45, 2.75) is 0 Å². The molecule has 0 amide bonds. The molecule has 0 bridgehead atoms. The molecule has 32 valence electrons. The summed E-state index contributed by atoms with van der Waals surface area (Å²) in [5, 5.41) is 0. The van der Waals surface area contributed by atoms with Gasteiger partial charge < -0.3 is 22.1 Å². The summed E-state index contributed by atoms with van der Waals surface area (Å²) in [4.78, 5) is 0. The van der Waals surface area contributed by atoms with Crippen LogP contribution in [-0.4, -0.2) is 80.8 Å². The van der Waals surface area contributed by atoms with Gasteiger partial charge in [0.2, 0.25) is 0 Å². The zero-order valence-corrected chi connectivity index (χ0v) is 8.93. The second-order valence-electron chi connectivity index (χ2n) is 0. The molecule has 0 spiro atoms. The predicted molar refractivity (Wildman–Crippen MR) is 29.5 cm³/mol. The summed E-state index contributed by atoms with van der Waals surface area (Å²) >= 11 is 0. The molecule has 7 heteroatoms. The number of rotatable bonds is 0. The maximum absolute atomic E-state index is 0. The summed E-state index contributed by atoms with van der Waals surface area (Å²) in [7, 11) is 0. The van der Waals surface area contributed by atoms with E-state index in [1.165, 1.54) is 0 Å². The third kappa shape index (κ3) is 58.0. The second-order valence-corrected chi connectivity index (χ2v) is 0. The van der Waals surface area contributed by atoms with Crippen molar-refractivity contribution in [3.05, 3.63) is 0 Å². The summed E-state index contributed by atoms with van der Waals surface area (Å²) in [5.41, 5.74) is 0. The minimum atomic E-state index is 0. The first-order chi connectivity index (χ1) is 0. The van der Waals surface area contributed by atoms with Gasteiger partial charge in [0.15, 0.2) is 0 Å². The average molecular weight is 155 g/mol. The number of hydrogen-bond donors (Lipinski definition) is 0. The standard InChI is InChI=1S/2Al.2Mg.3O.4H/q2*+3;2*+2;3*-2;4*-1. The molecule has 0 aromatic heterocycles. The molecule has 0 saturated heterocycles. The van der Waals surface area contributed by atoms with Gasteiger partial charge in [0.05, 0.1) is 0 Å². The van der Waals surface area contributed by atoms with Crippen molar-refractivity contribution in [3.8, 4) is 0 Å². The summed E-state index contributed by atoms with van der Waals surface area (Å²) in [6.45, 7) is 0. The fourth-order valence-electron chi connectivity index (χ4n) is 0. The molecule has 0 N–H and O–H groups in total. The average Bonchev–Trinajstić information content (AvgIpc) is 0. The Bertz CT molecular complexity index is 21.3. The first-order valence-electron chi connectivity index (χ1n) is 0. The van der Waals surface area contributed by atoms with E-state index in [9.17, 15) is 0 Å². The molecule has 0 unspecified atom stereocenters. The van der Waals surface area contributed by atoms with E-state index in [0.717, 1.165) is 0 Å². The van der Waals surface area contributed by atoms with Gasteiger partial charge in [0.25, 0.3) is 0 Å². The van der Waals surface area contributed by atoms with Crippen LogP contribution in [0.2, 0.25) is 0 Å². The van der Waals surface area contributed by atoms with E-state index < -0.39 is 0 Å². The van der Waals surface area contributed by atoms with Crippen LogP contribution >= 0.6 is 0 Å². The third-order valence-corrected chi connectivity index (χ3v) is 0. The van der Waals surface area contributed by atoms with Gasteiger partial charge in [-0.3, -0.25) is 0 Å². The van der Waals surface area contributed by atoms with Gasteiger partial charge in [-0.1, -0.05) is 0 Å². The van der Waals surface area contributed by atoms with Crippen molar-refractivity contribution >= 4 is 80.8 Å². The molecular formula is H4Al2Mg2O3. The Morgan fingerprint density at radius 1 is 0.571 bits per heavy atom. The second kappa shape index (κ2) is 77.2. The maximum Gasteiger partial charge on any atom is 3.00 e. The first-order valence-corrected chi connectivity index (χ1v) is 0. The molecule has 0 aliphatic heterocycles. The Morgan fingerprint density at radius 2 is 0.571 bits per heavy atom. The minimum Gasteiger partial charge on any atom is -2.00 e. The van der Waals surface area contributed by atoms with Gasteiger partial charge in [-0.15, -0.1) is 0 Å². The van der Waals surface area contributed by atoms with Gasteiger partial charge in [-0.05, 0) is 0 Å². The molecule has 0 saturated carbocycles. The van der Waals surface area contributed by atoms with Crippen LogP contribution in [0.3, 0.4) is 0 Å². The Labute approximate surface area is 102 Å². The van der Waals surface area contributed by atoms with E-state index >= 15 is 0 Å². The molecule has 0 aromatic carbocycles. The van der Waals surface area contributed by atoms with Crippen LogP contribution in [-0.2, 0) is 16.4 Å². The van der Waals surface area contributed by atoms with E-state index in [1.54, 1.807) is 0 Å². The van der Waals surface area contributed by atoms with Crippen LogP contribution < -0.4 is 0 Å². The van der Waals surface area contributed by atoms with Crippen molar-refractivity contribution in [2.24, 2.45) is 0 Å². The fraction of sp³-hybridized carbons (Fsp3) is 0. The molecule has 0 aliphatic carbocycles. The van der Waals surface area contributed by atoms with Crippen LogP contribution in [0.4, 0.5) is 0 Å². The van der Waals surface area contributed by atoms with Gasteiger partial charge in [-0.2, -0.15) is 0 Å². The monoisotopic (exact) mass is 154 g/mol. The normalized spacial score (nSPS) is 0. The summed E-state index contributed by atoms with van der Waals surface area (Å²) in [5.74, 6) is 0. The summed E-state index contributed by atoms with van der Waals surface area (Å²) in [6.07, 6.45) is 0. The summed E-state index contributed by atoms with van der Waals surface area (Å²) in [6, 6.07) is 0. The van der Waals surface area contributed by atoms with E-state index in [1.807, 2.05) is 0 Å². The smallest absolute Gasteiger partial charge is 2.00 e. The molecule has 0 radical (unpaired) electrons. The SMILES string of the molecule is [Al+3].[Al+3].[H-].[H-].[H-].[H-].[Mg+2].[Mg+2].[O-2].[O-2].[O-2]. The van der Waals surface area contributed by atoms with Crippen molar-refractivity contribution in [3.63, 3.8) is 0 Å². The van der Waals surface area contributed by atoms with Crippen LogP contribution in [0.25, 0.3) is 0 Å². The van der Waals surface area contributed by atoms with Gasteiger partial charge in [0, 0.05) is 0 Å². The van der Waals surface area contributed by atoms with Crippen molar-refractivity contribution < 1.29 is 22.1 Å². The molecule has 0 aliphatic rings. The topological polar surface area (TPSA) is 85.5 Å². The maximum atomic E-state index is 0. The molecule has 7 heavy (non-hydrogen) atoms. The number of hydrogen-bond acceptors (Lipinski definition) is 0. The zero-order chi connectivity index (χ0) is 0. The van der Waals surface area contributed by atoms with Crippen LogP contribution in [0, 0.1) is 0 Å². The fourth-order valence-corrected chi connectivity index (χ4v) is 0. The molecule has 0 heterocycles. The molecule has 0 rings (SSSR count). The first kappa shape index (κ1) is 111. The Hall–Kier alpha value is 2.48. The summed E-state index contributed by atoms with van der Waals surface area (Å²) < 4.78 is 0.